The normalized spacial score (nSPS) is 14.6. The van der Waals surface area contributed by atoms with E-state index in [1.54, 1.807) is 0 Å². The molecule has 1 heterocycles. The van der Waals surface area contributed by atoms with E-state index in [9.17, 15) is 14.4 Å². The van der Waals surface area contributed by atoms with E-state index in [4.69, 9.17) is 0 Å². The molecule has 1 aliphatic rings. The van der Waals surface area contributed by atoms with Crippen molar-refractivity contribution in [1.29, 1.82) is 0 Å². The summed E-state index contributed by atoms with van der Waals surface area (Å²) in [6.45, 7) is 7.87. The van der Waals surface area contributed by atoms with E-state index < -0.39 is 18.5 Å². The average Bonchev–Trinajstić information content (AvgIpc) is 2.13. The van der Waals surface area contributed by atoms with E-state index in [0.717, 1.165) is 4.90 Å². The quantitative estimate of drug-likeness (QED) is 0.383. The highest BCUT2D eigenvalue weighted by atomic mass is 16.5. The summed E-state index contributed by atoms with van der Waals surface area (Å²) < 4.78 is 4.60. The summed E-state index contributed by atoms with van der Waals surface area (Å²) in [6, 6.07) is 0. The van der Waals surface area contributed by atoms with Gasteiger partial charge in [-0.25, -0.2) is 4.79 Å². The van der Waals surface area contributed by atoms with Crippen LogP contribution in [-0.4, -0.2) is 29.3 Å². The summed E-state index contributed by atoms with van der Waals surface area (Å²) in [5.74, 6) is -1.55. The monoisotopic (exact) mass is 209 g/mol. The van der Waals surface area contributed by atoms with E-state index in [0.29, 0.717) is 5.70 Å². The maximum atomic E-state index is 11.3. The second-order valence-electron chi connectivity index (χ2n) is 3.22. The van der Waals surface area contributed by atoms with Gasteiger partial charge in [0.1, 0.15) is 0 Å². The van der Waals surface area contributed by atoms with Crippen LogP contribution in [0.3, 0.4) is 0 Å². The predicted molar refractivity (Wildman–Crippen MR) is 51.4 cm³/mol. The maximum Gasteiger partial charge on any atom is 0.333 e. The first kappa shape index (κ1) is 11.2. The van der Waals surface area contributed by atoms with Crippen molar-refractivity contribution in [1.82, 2.24) is 4.90 Å². The molecule has 0 aromatic carbocycles. The molecule has 15 heavy (non-hydrogen) atoms. The minimum Gasteiger partial charge on any atom is -0.452 e. The summed E-state index contributed by atoms with van der Waals surface area (Å²) in [6.07, 6.45) is 0.181. The molecule has 1 rings (SSSR count). The zero-order valence-electron chi connectivity index (χ0n) is 8.41. The lowest BCUT2D eigenvalue weighted by atomic mass is 10.1. The molecule has 1 saturated heterocycles. The number of esters is 1. The lowest BCUT2D eigenvalue weighted by Gasteiger charge is -2.30. The summed E-state index contributed by atoms with van der Waals surface area (Å²) in [4.78, 5) is 34.1. The van der Waals surface area contributed by atoms with Gasteiger partial charge in [0.2, 0.25) is 5.91 Å². The van der Waals surface area contributed by atoms with Crippen LogP contribution >= 0.6 is 0 Å². The van der Waals surface area contributed by atoms with Crippen molar-refractivity contribution in [2.75, 3.05) is 6.61 Å². The topological polar surface area (TPSA) is 63.7 Å². The fourth-order valence-electron chi connectivity index (χ4n) is 1.05. The van der Waals surface area contributed by atoms with E-state index in [-0.39, 0.29) is 17.9 Å². The molecule has 1 fully saturated rings. The molecular weight excluding hydrogens is 198 g/mol. The largest absolute Gasteiger partial charge is 0.452 e. The second kappa shape index (κ2) is 4.08. The third-order valence-corrected chi connectivity index (χ3v) is 1.85. The molecule has 0 atom stereocenters. The molecular formula is C10H11NO4. The molecule has 0 aromatic heterocycles. The van der Waals surface area contributed by atoms with Crippen molar-refractivity contribution in [3.63, 3.8) is 0 Å². The lowest BCUT2D eigenvalue weighted by molar-refractivity contribution is -0.155. The number of ether oxygens (including phenoxy) is 1. The molecule has 0 spiro atoms. The number of likely N-dealkylation sites (tertiary alicyclic amines) is 1. The number of rotatable bonds is 3. The summed E-state index contributed by atoms with van der Waals surface area (Å²) >= 11 is 0. The zero-order valence-corrected chi connectivity index (χ0v) is 8.41. The van der Waals surface area contributed by atoms with Gasteiger partial charge >= 0.3 is 5.97 Å². The number of imide groups is 1. The van der Waals surface area contributed by atoms with Crippen LogP contribution in [0.5, 0.6) is 0 Å². The number of hydrogen-bond acceptors (Lipinski definition) is 4. The molecule has 0 unspecified atom stereocenters. The maximum absolute atomic E-state index is 11.3. The number of amides is 2. The second-order valence-corrected chi connectivity index (χ2v) is 3.22. The molecule has 0 aliphatic carbocycles. The van der Waals surface area contributed by atoms with Gasteiger partial charge in [-0.15, -0.1) is 0 Å². The van der Waals surface area contributed by atoms with Crippen molar-refractivity contribution in [3.8, 4) is 0 Å². The molecule has 1 aliphatic heterocycles. The first-order valence-corrected chi connectivity index (χ1v) is 4.29. The van der Waals surface area contributed by atoms with Gasteiger partial charge in [0.25, 0.3) is 5.91 Å². The summed E-state index contributed by atoms with van der Waals surface area (Å²) in [5.41, 5.74) is 0.632. The molecule has 0 aromatic rings. The fourth-order valence-corrected chi connectivity index (χ4v) is 1.05. The highest BCUT2D eigenvalue weighted by molar-refractivity contribution is 6.04. The average molecular weight is 209 g/mol. The molecule has 0 bridgehead atoms. The van der Waals surface area contributed by atoms with Crippen LogP contribution in [0.15, 0.2) is 24.4 Å². The van der Waals surface area contributed by atoms with Gasteiger partial charge in [0.15, 0.2) is 6.61 Å². The van der Waals surface area contributed by atoms with Crippen LogP contribution in [0.1, 0.15) is 13.3 Å². The SMILES string of the molecule is C=C(C)C(=O)OCC(=O)N1C(=C)CC1=O. The Morgan fingerprint density at radius 1 is 1.53 bits per heavy atom. The molecule has 5 nitrogen and oxygen atoms in total. The standard InChI is InChI=1S/C10H11NO4/c1-6(2)10(14)15-5-9(13)11-7(3)4-8(11)12/h1,3-5H2,2H3. The first-order valence-electron chi connectivity index (χ1n) is 4.29. The Hall–Kier alpha value is -1.91. The van der Waals surface area contributed by atoms with Crippen LogP contribution in [-0.2, 0) is 19.1 Å². The molecule has 80 valence electrons. The van der Waals surface area contributed by atoms with Crippen LogP contribution in [0.2, 0.25) is 0 Å². The van der Waals surface area contributed by atoms with Gasteiger partial charge in [-0.1, -0.05) is 13.2 Å². The Morgan fingerprint density at radius 2 is 2.13 bits per heavy atom. The Balaban J connectivity index is 2.43. The highest BCUT2D eigenvalue weighted by Crippen LogP contribution is 2.21. The van der Waals surface area contributed by atoms with Gasteiger partial charge in [-0.3, -0.25) is 14.5 Å². The number of β-lactam (4-membered cyclic amide) rings is 1. The van der Waals surface area contributed by atoms with E-state index in [1.165, 1.54) is 6.92 Å². The van der Waals surface area contributed by atoms with Crippen molar-refractivity contribution in [3.05, 3.63) is 24.4 Å². The van der Waals surface area contributed by atoms with Gasteiger partial charge in [0.05, 0.1) is 6.42 Å². The molecule has 2 amide bonds. The van der Waals surface area contributed by atoms with Gasteiger partial charge < -0.3 is 4.74 Å². The Labute approximate surface area is 87.0 Å². The third-order valence-electron chi connectivity index (χ3n) is 1.85. The molecule has 0 saturated carbocycles. The summed E-state index contributed by atoms with van der Waals surface area (Å²) in [7, 11) is 0. The Kier molecular flexibility index (Phi) is 3.04. The van der Waals surface area contributed by atoms with Crippen LogP contribution in [0.25, 0.3) is 0 Å². The smallest absolute Gasteiger partial charge is 0.333 e. The van der Waals surface area contributed by atoms with Crippen molar-refractivity contribution >= 4 is 17.8 Å². The van der Waals surface area contributed by atoms with Crippen molar-refractivity contribution in [2.24, 2.45) is 0 Å². The lowest BCUT2D eigenvalue weighted by Crippen LogP contribution is -2.46. The minimum atomic E-state index is -0.651. The van der Waals surface area contributed by atoms with Crippen molar-refractivity contribution in [2.45, 2.75) is 13.3 Å². The number of carbonyl (C=O) groups excluding carboxylic acids is 3. The summed E-state index contributed by atoms with van der Waals surface area (Å²) in [5, 5.41) is 0. The van der Waals surface area contributed by atoms with E-state index in [2.05, 4.69) is 17.9 Å². The van der Waals surface area contributed by atoms with Crippen molar-refractivity contribution < 1.29 is 19.1 Å². The number of hydrogen-bond donors (Lipinski definition) is 0. The Bertz CT molecular complexity index is 356. The predicted octanol–water partition coefficient (Wildman–Crippen LogP) is 0.378. The molecule has 0 radical (unpaired) electrons. The van der Waals surface area contributed by atoms with Crippen LogP contribution < -0.4 is 0 Å². The first-order chi connectivity index (χ1) is 6.93. The number of nitrogens with zero attached hydrogens (tertiary/aromatic N) is 1. The third kappa shape index (κ3) is 2.31. The number of carbonyl (C=O) groups is 3. The highest BCUT2D eigenvalue weighted by Gasteiger charge is 2.34. The van der Waals surface area contributed by atoms with Crippen LogP contribution in [0, 0.1) is 0 Å². The van der Waals surface area contributed by atoms with Gasteiger partial charge in [-0.2, -0.15) is 0 Å². The van der Waals surface area contributed by atoms with Gasteiger partial charge in [0, 0.05) is 11.3 Å². The van der Waals surface area contributed by atoms with Crippen LogP contribution in [0.4, 0.5) is 0 Å². The Morgan fingerprint density at radius 3 is 2.53 bits per heavy atom. The van der Waals surface area contributed by atoms with E-state index in [1.807, 2.05) is 0 Å². The zero-order chi connectivity index (χ0) is 11.6. The van der Waals surface area contributed by atoms with E-state index >= 15 is 0 Å². The molecule has 0 N–H and O–H groups in total. The minimum absolute atomic E-state index is 0.181. The molecule has 5 heteroatoms. The van der Waals surface area contributed by atoms with Gasteiger partial charge in [-0.05, 0) is 6.92 Å². The fraction of sp³-hybridized carbons (Fsp3) is 0.300.